The summed E-state index contributed by atoms with van der Waals surface area (Å²) in [6.45, 7) is 0.815. The lowest BCUT2D eigenvalue weighted by Crippen LogP contribution is -2.52. The second kappa shape index (κ2) is 8.98. The maximum atomic E-state index is 14.7. The molecule has 2 heterocycles. The van der Waals surface area contributed by atoms with Crippen LogP contribution in [0.25, 0.3) is 5.69 Å². The minimum Gasteiger partial charge on any atom is -0.474 e. The Morgan fingerprint density at radius 3 is 2.43 bits per heavy atom. The number of methoxy groups -OCH3 is 1. The summed E-state index contributed by atoms with van der Waals surface area (Å²) < 4.78 is 35.5. The molecule has 1 aromatic heterocycles. The van der Waals surface area contributed by atoms with Crippen LogP contribution in [0.15, 0.2) is 18.3 Å². The minimum atomic E-state index is -1.06. The monoisotopic (exact) mass is 439 g/mol. The molecule has 1 aliphatic heterocycles. The molecule has 0 aliphatic carbocycles. The quantitative estimate of drug-likeness (QED) is 0.493. The maximum Gasteiger partial charge on any atom is 0.311 e. The summed E-state index contributed by atoms with van der Waals surface area (Å²) in [6.07, 6.45) is 1.51. The predicted molar refractivity (Wildman–Crippen MR) is 106 cm³/mol. The highest BCUT2D eigenvalue weighted by atomic mass is 32.1. The Labute approximate surface area is 175 Å². The molecule has 30 heavy (non-hydrogen) atoms. The van der Waals surface area contributed by atoms with E-state index in [2.05, 4.69) is 15.6 Å². The molecule has 13 heteroatoms. The van der Waals surface area contributed by atoms with Crippen molar-refractivity contribution < 1.29 is 23.1 Å². The number of anilines is 1. The molecule has 2 aromatic rings. The van der Waals surface area contributed by atoms with Crippen molar-refractivity contribution in [3.63, 3.8) is 0 Å². The number of nitrogens with zero attached hydrogens (tertiary/aromatic N) is 5. The highest BCUT2D eigenvalue weighted by Gasteiger charge is 2.27. The number of benzene rings is 1. The van der Waals surface area contributed by atoms with E-state index in [9.17, 15) is 18.4 Å². The molecule has 2 amide bonds. The van der Waals surface area contributed by atoms with Gasteiger partial charge in [0.05, 0.1) is 25.5 Å². The maximum absolute atomic E-state index is 14.7. The number of ether oxygens (including phenoxy) is 1. The van der Waals surface area contributed by atoms with Gasteiger partial charge in [0.15, 0.2) is 11.6 Å². The molecular weight excluding hydrogens is 420 g/mol. The van der Waals surface area contributed by atoms with Crippen LogP contribution in [-0.4, -0.2) is 70.2 Å². The van der Waals surface area contributed by atoms with Crippen molar-refractivity contribution in [1.82, 2.24) is 25.2 Å². The standard InChI is InChI=1S/C17H19F2N7O3S/c1-29-17(30)21-8-10-9-26(23-22-10)11-6-12(18)14(13(19)7-11)24-2-4-25(5-3-24)16(28)15(20)27/h6-7,9H,2-5,8H2,1H3,(H2,20,27)(H,21,30). The van der Waals surface area contributed by atoms with Crippen LogP contribution in [0.3, 0.4) is 0 Å². The van der Waals surface area contributed by atoms with Gasteiger partial charge in [-0.15, -0.1) is 5.10 Å². The predicted octanol–water partition coefficient (Wildman–Crippen LogP) is -0.300. The smallest absolute Gasteiger partial charge is 0.311 e. The summed E-state index contributed by atoms with van der Waals surface area (Å²) in [5.74, 6) is -3.43. The topological polar surface area (TPSA) is 119 Å². The molecule has 1 aliphatic rings. The van der Waals surface area contributed by atoms with E-state index in [0.29, 0.717) is 5.69 Å². The number of rotatable bonds is 4. The lowest BCUT2D eigenvalue weighted by atomic mass is 10.2. The molecule has 1 saturated heterocycles. The number of thiocarbonyl (C=S) groups is 1. The number of primary amides is 1. The van der Waals surface area contributed by atoms with Crippen molar-refractivity contribution in [3.05, 3.63) is 35.7 Å². The Bertz CT molecular complexity index is 953. The summed E-state index contributed by atoms with van der Waals surface area (Å²) in [4.78, 5) is 25.3. The Hall–Kier alpha value is -3.35. The molecule has 160 valence electrons. The molecule has 0 saturated carbocycles. The Morgan fingerprint density at radius 1 is 1.23 bits per heavy atom. The molecule has 3 N–H and O–H groups in total. The van der Waals surface area contributed by atoms with Crippen LogP contribution >= 0.6 is 12.2 Å². The number of carbonyl (C=O) groups is 2. The largest absolute Gasteiger partial charge is 0.474 e. The summed E-state index contributed by atoms with van der Waals surface area (Å²) in [6, 6.07) is 2.29. The molecule has 3 rings (SSSR count). The van der Waals surface area contributed by atoms with E-state index in [4.69, 9.17) is 22.7 Å². The number of nitrogens with one attached hydrogen (secondary N) is 1. The van der Waals surface area contributed by atoms with Crippen molar-refractivity contribution in [3.8, 4) is 5.69 Å². The molecule has 1 aromatic carbocycles. The average Bonchev–Trinajstić information content (AvgIpc) is 3.20. The molecule has 0 bridgehead atoms. The Kier molecular flexibility index (Phi) is 6.40. The van der Waals surface area contributed by atoms with Gasteiger partial charge in [-0.05, 0) is 12.2 Å². The zero-order valence-electron chi connectivity index (χ0n) is 16.0. The number of hydrogen-bond donors (Lipinski definition) is 2. The van der Waals surface area contributed by atoms with Crippen LogP contribution in [-0.2, 0) is 20.9 Å². The van der Waals surface area contributed by atoms with E-state index in [1.807, 2.05) is 0 Å². The Balaban J connectivity index is 1.72. The van der Waals surface area contributed by atoms with Crippen LogP contribution < -0.4 is 16.0 Å². The van der Waals surface area contributed by atoms with Gasteiger partial charge in [-0.3, -0.25) is 9.59 Å². The van der Waals surface area contributed by atoms with E-state index in [1.165, 1.54) is 27.8 Å². The number of piperazine rings is 1. The highest BCUT2D eigenvalue weighted by molar-refractivity contribution is 7.80. The molecule has 0 unspecified atom stereocenters. The highest BCUT2D eigenvalue weighted by Crippen LogP contribution is 2.27. The normalized spacial score (nSPS) is 13.8. The lowest BCUT2D eigenvalue weighted by Gasteiger charge is -2.35. The first kappa shape index (κ1) is 21.4. The first-order valence-electron chi connectivity index (χ1n) is 8.86. The van der Waals surface area contributed by atoms with Crippen molar-refractivity contribution in [2.45, 2.75) is 6.54 Å². The molecule has 0 radical (unpaired) electrons. The van der Waals surface area contributed by atoms with E-state index in [1.54, 1.807) is 0 Å². The first-order chi connectivity index (χ1) is 14.3. The van der Waals surface area contributed by atoms with E-state index in [-0.39, 0.29) is 49.3 Å². The van der Waals surface area contributed by atoms with Crippen LogP contribution in [0.2, 0.25) is 0 Å². The molecule has 0 atom stereocenters. The number of halogens is 2. The van der Waals surface area contributed by atoms with Crippen LogP contribution in [0.5, 0.6) is 0 Å². The van der Waals surface area contributed by atoms with Crippen molar-refractivity contribution in [2.75, 3.05) is 38.2 Å². The Morgan fingerprint density at radius 2 is 1.87 bits per heavy atom. The number of nitrogens with two attached hydrogens (primary N) is 1. The minimum absolute atomic E-state index is 0.130. The van der Waals surface area contributed by atoms with Gasteiger partial charge in [0.2, 0.25) is 0 Å². The zero-order valence-corrected chi connectivity index (χ0v) is 16.8. The van der Waals surface area contributed by atoms with Crippen molar-refractivity contribution in [2.24, 2.45) is 5.73 Å². The van der Waals surface area contributed by atoms with Gasteiger partial charge in [-0.25, -0.2) is 13.5 Å². The van der Waals surface area contributed by atoms with Crippen molar-refractivity contribution in [1.29, 1.82) is 0 Å². The third-order valence-corrected chi connectivity index (χ3v) is 4.81. The fraction of sp³-hybridized carbons (Fsp3) is 0.353. The van der Waals surface area contributed by atoms with Gasteiger partial charge in [-0.1, -0.05) is 5.21 Å². The van der Waals surface area contributed by atoms with E-state index >= 15 is 0 Å². The molecule has 10 nitrogen and oxygen atoms in total. The van der Waals surface area contributed by atoms with E-state index < -0.39 is 23.4 Å². The summed E-state index contributed by atoms with van der Waals surface area (Å²) in [5, 5.41) is 10.8. The lowest BCUT2D eigenvalue weighted by molar-refractivity contribution is -0.144. The van der Waals surface area contributed by atoms with Crippen molar-refractivity contribution >= 4 is 34.9 Å². The van der Waals surface area contributed by atoms with Gasteiger partial charge < -0.3 is 25.6 Å². The van der Waals surface area contributed by atoms with Gasteiger partial charge in [0.25, 0.3) is 5.17 Å². The van der Waals surface area contributed by atoms with Crippen LogP contribution in [0.1, 0.15) is 5.69 Å². The van der Waals surface area contributed by atoms with Gasteiger partial charge >= 0.3 is 11.8 Å². The fourth-order valence-electron chi connectivity index (χ4n) is 3.02. The SMILES string of the molecule is COC(=S)NCc1cn(-c2cc(F)c(N3CCN(C(=O)C(N)=O)CC3)c(F)c2)nn1. The fourth-order valence-corrected chi connectivity index (χ4v) is 3.09. The van der Waals surface area contributed by atoms with Crippen LogP contribution in [0.4, 0.5) is 14.5 Å². The van der Waals surface area contributed by atoms with Gasteiger partial charge in [-0.2, -0.15) is 0 Å². The van der Waals surface area contributed by atoms with Gasteiger partial charge in [0.1, 0.15) is 11.4 Å². The summed E-state index contributed by atoms with van der Waals surface area (Å²) >= 11 is 4.86. The second-order valence-electron chi connectivity index (χ2n) is 6.40. The van der Waals surface area contributed by atoms with E-state index in [0.717, 1.165) is 12.1 Å². The van der Waals surface area contributed by atoms with Gasteiger partial charge in [0, 0.05) is 38.3 Å². The molecule has 0 spiro atoms. The first-order valence-corrected chi connectivity index (χ1v) is 9.27. The summed E-state index contributed by atoms with van der Waals surface area (Å²) in [7, 11) is 1.43. The summed E-state index contributed by atoms with van der Waals surface area (Å²) in [5.41, 5.74) is 5.42. The zero-order chi connectivity index (χ0) is 21.8. The number of amides is 2. The third-order valence-electron chi connectivity index (χ3n) is 4.50. The number of aromatic nitrogens is 3. The third kappa shape index (κ3) is 4.62. The number of hydrogen-bond acceptors (Lipinski definition) is 7. The van der Waals surface area contributed by atoms with Crippen LogP contribution in [0, 0.1) is 11.6 Å². The molecule has 1 fully saturated rings. The molecular formula is C17H19F2N7O3S. The number of carbonyl (C=O) groups excluding carboxylic acids is 2. The second-order valence-corrected chi connectivity index (χ2v) is 6.77. The average molecular weight is 439 g/mol.